The lowest BCUT2D eigenvalue weighted by Gasteiger charge is -2.32. The second-order valence-electron chi connectivity index (χ2n) is 28.1. The number of alkyl halides is 3. The van der Waals surface area contributed by atoms with Crippen molar-refractivity contribution >= 4 is 91.4 Å². The third-order valence-electron chi connectivity index (χ3n) is 20.5. The van der Waals surface area contributed by atoms with Crippen LogP contribution in [-0.2, 0) is 6.18 Å². The number of halogens is 4. The Morgan fingerprint density at radius 3 is 0.650 bits per heavy atom. The van der Waals surface area contributed by atoms with Gasteiger partial charge in [0.1, 0.15) is 5.82 Å². The minimum atomic E-state index is -4.44. The van der Waals surface area contributed by atoms with E-state index in [4.69, 9.17) is 24.2 Å². The van der Waals surface area contributed by atoms with E-state index < -0.39 is 11.7 Å². The first kappa shape index (κ1) is 76.4. The Hall–Kier alpha value is -16.2. The predicted molar refractivity (Wildman–Crippen MR) is 459 cm³/mol. The molecule has 0 aromatic heterocycles. The summed E-state index contributed by atoms with van der Waals surface area (Å²) in [5.41, 5.74) is 16.1. The second kappa shape index (κ2) is 33.3. The van der Waals surface area contributed by atoms with E-state index in [0.717, 1.165) is 132 Å². The summed E-state index contributed by atoms with van der Waals surface area (Å²) in [6.45, 7) is 2.01. The Balaban J connectivity index is 0.000000114. The van der Waals surface area contributed by atoms with Gasteiger partial charge in [0.15, 0.2) is 69.1 Å². The number of hydrogen-bond donors (Lipinski definition) is 0. The minimum Gasteiger partial charge on any atom is -0.453 e. The molecule has 0 spiro atoms. The normalized spacial score (nSPS) is 12.0. The molecule has 13 nitrogen and oxygen atoms in total. The molecule has 580 valence electrons. The third kappa shape index (κ3) is 15.8. The van der Waals surface area contributed by atoms with Crippen molar-refractivity contribution in [3.63, 3.8) is 0 Å². The molecule has 0 N–H and O–H groups in total. The summed E-state index contributed by atoms with van der Waals surface area (Å²) in [4.78, 5) is 59.5. The van der Waals surface area contributed by atoms with Gasteiger partial charge in [0.25, 0.3) is 0 Å². The molecule has 0 aliphatic carbocycles. The first-order valence-electron chi connectivity index (χ1n) is 38.3. The van der Waals surface area contributed by atoms with Gasteiger partial charge in [-0.15, -0.1) is 0 Å². The maximum absolute atomic E-state index is 13.1. The van der Waals surface area contributed by atoms with Crippen LogP contribution in [0.5, 0.6) is 46.0 Å². The predicted octanol–water partition coefficient (Wildman–Crippen LogP) is 27.3. The molecule has 0 amide bonds. The van der Waals surface area contributed by atoms with Crippen LogP contribution >= 0.6 is 0 Å². The number of ketones is 4. The fourth-order valence-electron chi connectivity index (χ4n) is 14.5. The van der Waals surface area contributed by atoms with E-state index in [9.17, 15) is 36.7 Å². The van der Waals surface area contributed by atoms with Gasteiger partial charge in [0.05, 0.1) is 62.7 Å². The first-order chi connectivity index (χ1) is 58.6. The van der Waals surface area contributed by atoms with Gasteiger partial charge < -0.3 is 38.5 Å². The number of carbonyl (C=O) groups excluding carboxylic acids is 4. The molecule has 0 bridgehead atoms. The molecule has 16 aromatic rings. The van der Waals surface area contributed by atoms with Crippen LogP contribution in [0.3, 0.4) is 0 Å². The summed E-state index contributed by atoms with van der Waals surface area (Å²) in [7, 11) is 0. The van der Waals surface area contributed by atoms with Crippen LogP contribution in [0.15, 0.2) is 388 Å². The van der Waals surface area contributed by atoms with Gasteiger partial charge >= 0.3 is 6.18 Å². The van der Waals surface area contributed by atoms with E-state index in [0.29, 0.717) is 44.5 Å². The largest absolute Gasteiger partial charge is 0.453 e. The fourth-order valence-corrected chi connectivity index (χ4v) is 14.5. The molecule has 0 radical (unpaired) electrons. The van der Waals surface area contributed by atoms with Crippen LogP contribution in [0, 0.1) is 24.1 Å². The average Bonchev–Trinajstić information content (AvgIpc) is 0.774. The smallest absolute Gasteiger partial charge is 0.416 e. The summed E-state index contributed by atoms with van der Waals surface area (Å²) in [6.07, 6.45) is -4.44. The summed E-state index contributed by atoms with van der Waals surface area (Å²) in [5.74, 6) is 5.30. The first-order valence-corrected chi connectivity index (χ1v) is 38.3. The third-order valence-corrected chi connectivity index (χ3v) is 20.5. The molecular weight excluding hydrogens is 1510 g/mol. The van der Waals surface area contributed by atoms with Crippen molar-refractivity contribution in [3.8, 4) is 52.1 Å². The molecule has 16 aromatic carbocycles. The Labute approximate surface area is 688 Å². The van der Waals surface area contributed by atoms with E-state index in [1.54, 1.807) is 48.5 Å². The number of hydrogen-bond acceptors (Lipinski definition) is 13. The monoisotopic (exact) mass is 1580 g/mol. The molecule has 4 heterocycles. The zero-order valence-electron chi connectivity index (χ0n) is 64.0. The van der Waals surface area contributed by atoms with Gasteiger partial charge in [-0.1, -0.05) is 139 Å². The minimum absolute atomic E-state index is 0.0272. The van der Waals surface area contributed by atoms with Gasteiger partial charge in [-0.3, -0.25) is 19.2 Å². The van der Waals surface area contributed by atoms with Gasteiger partial charge in [-0.25, -0.2) is 4.39 Å². The number of anilines is 12. The lowest BCUT2D eigenvalue weighted by molar-refractivity contribution is -0.137. The number of ether oxygens (including phenoxy) is 4. The standard InChI is InChI=1S/C26H16F3NO2.C26H16N2O2.C26H19NO2.C25H16FNO2/c27-26(28,29)19-13-9-17(10-14-19)25(31)18-11-15-20(16-12-18)30-21-5-1-3-7-23(21)32-24-8-4-2-6-22(24)30;27-17-18-9-11-19(12-10-18)26(29)20-13-15-21(16-14-20)28-22-5-1-3-7-24(22)30-25-8-4-2-6-23(25)28;1-18-10-12-19(13-11-18)26(28)20-14-16-21(17-15-20)27-22-6-2-4-8-24(22)29-25-9-5-3-7-23(25)27;26-19-13-9-17(10-14-19)25(28)18-11-15-20(16-12-18)27-21-5-1-3-7-23(21)29-24-8-4-2-6-22(24)27/h1-16H;1-16H;2-17H,1H3;1-16H. The lowest BCUT2D eigenvalue weighted by atomic mass is 10.0. The summed E-state index contributed by atoms with van der Waals surface area (Å²) >= 11 is 0. The van der Waals surface area contributed by atoms with Crippen molar-refractivity contribution in [3.05, 3.63) is 455 Å². The molecular formula is C103H67F4N5O8. The molecule has 0 atom stereocenters. The summed E-state index contributed by atoms with van der Waals surface area (Å²) in [5, 5.41) is 8.93. The van der Waals surface area contributed by atoms with Crippen LogP contribution in [-0.4, -0.2) is 23.1 Å². The SMILES string of the molecule is Cc1ccc(C(=O)c2ccc(N3c4ccccc4Oc4ccccc43)cc2)cc1.N#Cc1ccc(C(=O)c2ccc(N3c4ccccc4Oc4ccccc43)cc2)cc1.O=C(c1ccc(F)cc1)c1ccc(N2c3ccccc3Oc3ccccc32)cc1.O=C(c1ccc(N2c3ccccc3Oc3ccccc32)cc1)c1ccc(C(F)(F)F)cc1. The number of nitriles is 1. The van der Waals surface area contributed by atoms with E-state index in [2.05, 4.69) is 20.8 Å². The zero-order chi connectivity index (χ0) is 82.4. The van der Waals surface area contributed by atoms with E-state index in [1.807, 2.05) is 303 Å². The molecule has 0 saturated carbocycles. The molecule has 4 aliphatic rings. The number of benzene rings is 16. The van der Waals surface area contributed by atoms with Crippen molar-refractivity contribution in [1.29, 1.82) is 5.26 Å². The van der Waals surface area contributed by atoms with Crippen molar-refractivity contribution in [2.75, 3.05) is 19.6 Å². The van der Waals surface area contributed by atoms with Crippen molar-refractivity contribution in [1.82, 2.24) is 0 Å². The average molecular weight is 1580 g/mol. The molecule has 120 heavy (non-hydrogen) atoms. The number of aryl methyl sites for hydroxylation is 1. The van der Waals surface area contributed by atoms with Crippen LogP contribution in [0.2, 0.25) is 0 Å². The van der Waals surface area contributed by atoms with Crippen LogP contribution in [0.25, 0.3) is 0 Å². The summed E-state index contributed by atoms with van der Waals surface area (Å²) < 4.78 is 75.6. The molecule has 0 saturated heterocycles. The highest BCUT2D eigenvalue weighted by Gasteiger charge is 2.33. The van der Waals surface area contributed by atoms with Gasteiger partial charge in [-0.2, -0.15) is 18.4 Å². The maximum atomic E-state index is 13.1. The topological polar surface area (TPSA) is 142 Å². The van der Waals surface area contributed by atoms with E-state index >= 15 is 0 Å². The van der Waals surface area contributed by atoms with Gasteiger partial charge in [-0.05, 0) is 262 Å². The van der Waals surface area contributed by atoms with Crippen LogP contribution < -0.4 is 38.5 Å². The number of carbonyl (C=O) groups is 4. The van der Waals surface area contributed by atoms with Crippen LogP contribution in [0.1, 0.15) is 80.4 Å². The highest BCUT2D eigenvalue weighted by molar-refractivity contribution is 6.12. The summed E-state index contributed by atoms with van der Waals surface area (Å²) in [6, 6.07) is 119. The highest BCUT2D eigenvalue weighted by Crippen LogP contribution is 2.55. The van der Waals surface area contributed by atoms with Gasteiger partial charge in [0, 0.05) is 67.3 Å². The second-order valence-corrected chi connectivity index (χ2v) is 28.1. The number of para-hydroxylation sites is 16. The number of fused-ring (bicyclic) bond motifs is 8. The highest BCUT2D eigenvalue weighted by atomic mass is 19.4. The number of nitrogens with zero attached hydrogens (tertiary/aromatic N) is 5. The van der Waals surface area contributed by atoms with E-state index in [-0.39, 0.29) is 34.5 Å². The van der Waals surface area contributed by atoms with Crippen molar-refractivity contribution in [2.45, 2.75) is 13.1 Å². The Bertz CT molecular complexity index is 6200. The molecule has 0 fully saturated rings. The van der Waals surface area contributed by atoms with Gasteiger partial charge in [0.2, 0.25) is 0 Å². The lowest BCUT2D eigenvalue weighted by Crippen LogP contribution is -2.15. The number of rotatable bonds is 12. The molecule has 17 heteroatoms. The maximum Gasteiger partial charge on any atom is 0.416 e. The zero-order valence-corrected chi connectivity index (χ0v) is 64.0. The Morgan fingerprint density at radius 1 is 0.258 bits per heavy atom. The fraction of sp³-hybridized carbons (Fsp3) is 0.0194. The molecule has 20 rings (SSSR count). The van der Waals surface area contributed by atoms with Crippen molar-refractivity contribution < 1.29 is 55.7 Å². The molecule has 4 aliphatic heterocycles. The van der Waals surface area contributed by atoms with Crippen molar-refractivity contribution in [2.24, 2.45) is 0 Å². The Kier molecular flexibility index (Phi) is 21.2. The van der Waals surface area contributed by atoms with E-state index in [1.165, 1.54) is 36.4 Å². The van der Waals surface area contributed by atoms with Crippen LogP contribution in [0.4, 0.5) is 85.8 Å². The molecule has 0 unspecified atom stereocenters. The Morgan fingerprint density at radius 2 is 0.442 bits per heavy atom. The quantitative estimate of drug-likeness (QED) is 0.0847.